The fourth-order valence-electron chi connectivity index (χ4n) is 1.11. The van der Waals surface area contributed by atoms with Crippen LogP contribution in [-0.4, -0.2) is 0 Å². The van der Waals surface area contributed by atoms with Crippen LogP contribution in [0.2, 0.25) is 0 Å². The summed E-state index contributed by atoms with van der Waals surface area (Å²) in [6.45, 7) is 9.04. The van der Waals surface area contributed by atoms with Gasteiger partial charge in [-0.1, -0.05) is 52.0 Å². The van der Waals surface area contributed by atoms with Gasteiger partial charge in [-0.2, -0.15) is 0 Å². The van der Waals surface area contributed by atoms with Crippen LogP contribution in [0, 0.1) is 12.0 Å². The number of hydrogen-bond acceptors (Lipinski definition) is 0. The molecule has 0 aliphatic rings. The first kappa shape index (κ1) is 9.31. The van der Waals surface area contributed by atoms with Gasteiger partial charge in [-0.3, -0.25) is 0 Å². The summed E-state index contributed by atoms with van der Waals surface area (Å²) in [5, 5.41) is 0. The van der Waals surface area contributed by atoms with Crippen molar-refractivity contribution in [2.75, 3.05) is 0 Å². The van der Waals surface area contributed by atoms with Crippen LogP contribution in [0.25, 0.3) is 0 Å². The summed E-state index contributed by atoms with van der Waals surface area (Å²) in [5.74, 6) is 0.649. The summed E-state index contributed by atoms with van der Waals surface area (Å²) in [4.78, 5) is 0. The molecule has 0 aliphatic heterocycles. The van der Waals surface area contributed by atoms with Gasteiger partial charge in [-0.25, -0.2) is 0 Å². The quantitative estimate of drug-likeness (QED) is 0.623. The van der Waals surface area contributed by atoms with Gasteiger partial charge in [0, 0.05) is 0 Å². The van der Waals surface area contributed by atoms with E-state index in [1.807, 2.05) is 12.1 Å². The van der Waals surface area contributed by atoms with Gasteiger partial charge in [-0.05, 0) is 23.0 Å². The van der Waals surface area contributed by atoms with E-state index >= 15 is 0 Å². The first-order valence-corrected chi connectivity index (χ1v) is 4.52. The Balaban J connectivity index is 2.98. The normalized spacial score (nSPS) is 12.1. The Bertz CT molecular complexity index is 231. The minimum atomic E-state index is 0.237. The molecule has 12 heavy (non-hydrogen) atoms. The molecule has 0 bridgehead atoms. The molecule has 0 saturated carbocycles. The van der Waals surface area contributed by atoms with Crippen molar-refractivity contribution >= 4 is 0 Å². The van der Waals surface area contributed by atoms with E-state index in [9.17, 15) is 0 Å². The molecular formula is C12H17. The molecule has 65 valence electrons. The summed E-state index contributed by atoms with van der Waals surface area (Å²) in [6, 6.07) is 11.5. The summed E-state index contributed by atoms with van der Waals surface area (Å²) >= 11 is 0. The minimum Gasteiger partial charge on any atom is -0.0619 e. The van der Waals surface area contributed by atoms with E-state index in [2.05, 4.69) is 45.9 Å². The summed E-state index contributed by atoms with van der Waals surface area (Å²) in [6.07, 6.45) is 0. The molecule has 0 heteroatoms. The van der Waals surface area contributed by atoms with Crippen LogP contribution in [0.3, 0.4) is 0 Å². The minimum absolute atomic E-state index is 0.237. The molecule has 0 N–H and O–H groups in total. The summed E-state index contributed by atoms with van der Waals surface area (Å²) in [5.41, 5.74) is 1.54. The first-order chi connectivity index (χ1) is 5.55. The van der Waals surface area contributed by atoms with Crippen molar-refractivity contribution in [3.05, 3.63) is 35.9 Å². The third-order valence-electron chi connectivity index (χ3n) is 2.85. The molecule has 0 amide bonds. The molecule has 0 atom stereocenters. The van der Waals surface area contributed by atoms with Crippen molar-refractivity contribution in [2.24, 2.45) is 5.92 Å². The largest absolute Gasteiger partial charge is 0.0619 e. The summed E-state index contributed by atoms with van der Waals surface area (Å²) < 4.78 is 0. The molecule has 1 aromatic rings. The smallest absolute Gasteiger partial charge is 0.00744 e. The monoisotopic (exact) mass is 161 g/mol. The van der Waals surface area contributed by atoms with Gasteiger partial charge in [0.25, 0.3) is 0 Å². The van der Waals surface area contributed by atoms with E-state index in [1.165, 1.54) is 5.56 Å². The third kappa shape index (κ3) is 1.69. The standard InChI is InChI=1S/C12H17/c1-10(2)12(3,4)11-8-6-5-7-9-11/h5-8,10H,1-4H3. The Kier molecular flexibility index (Phi) is 2.56. The lowest BCUT2D eigenvalue weighted by molar-refractivity contribution is 0.371. The van der Waals surface area contributed by atoms with E-state index in [-0.39, 0.29) is 5.41 Å². The molecule has 0 unspecified atom stereocenters. The average molecular weight is 161 g/mol. The van der Waals surface area contributed by atoms with Gasteiger partial charge in [0.1, 0.15) is 0 Å². The van der Waals surface area contributed by atoms with Crippen LogP contribution in [0.1, 0.15) is 33.3 Å². The lowest BCUT2D eigenvalue weighted by Crippen LogP contribution is -2.24. The Morgan fingerprint density at radius 1 is 1.25 bits per heavy atom. The second kappa shape index (κ2) is 3.30. The van der Waals surface area contributed by atoms with Crippen LogP contribution < -0.4 is 0 Å². The van der Waals surface area contributed by atoms with E-state index in [1.54, 1.807) is 0 Å². The zero-order valence-electron chi connectivity index (χ0n) is 8.39. The van der Waals surface area contributed by atoms with Crippen molar-refractivity contribution in [3.8, 4) is 0 Å². The van der Waals surface area contributed by atoms with E-state index in [0.29, 0.717) is 5.92 Å². The lowest BCUT2D eigenvalue weighted by Gasteiger charge is -2.29. The van der Waals surface area contributed by atoms with E-state index in [0.717, 1.165) is 0 Å². The van der Waals surface area contributed by atoms with Gasteiger partial charge in [0.15, 0.2) is 0 Å². The molecule has 0 aliphatic carbocycles. The maximum Gasteiger partial charge on any atom is -0.00744 e. The van der Waals surface area contributed by atoms with E-state index in [4.69, 9.17) is 0 Å². The van der Waals surface area contributed by atoms with Crippen LogP contribution in [-0.2, 0) is 5.41 Å². The highest BCUT2D eigenvalue weighted by Gasteiger charge is 2.23. The Hall–Kier alpha value is -0.780. The zero-order chi connectivity index (χ0) is 9.19. The predicted molar refractivity (Wildman–Crippen MR) is 53.1 cm³/mol. The molecule has 1 radical (unpaired) electrons. The van der Waals surface area contributed by atoms with Crippen LogP contribution in [0.15, 0.2) is 24.3 Å². The average Bonchev–Trinajstić information content (AvgIpc) is 2.06. The summed E-state index contributed by atoms with van der Waals surface area (Å²) in [7, 11) is 0. The fourth-order valence-corrected chi connectivity index (χ4v) is 1.11. The van der Waals surface area contributed by atoms with Crippen molar-refractivity contribution in [1.82, 2.24) is 0 Å². The number of hydrogen-bond donors (Lipinski definition) is 0. The van der Waals surface area contributed by atoms with Crippen LogP contribution in [0.5, 0.6) is 0 Å². The first-order valence-electron chi connectivity index (χ1n) is 4.52. The molecule has 0 aromatic heterocycles. The molecule has 0 fully saturated rings. The Labute approximate surface area is 75.6 Å². The maximum atomic E-state index is 3.29. The Morgan fingerprint density at radius 3 is 2.33 bits per heavy atom. The topological polar surface area (TPSA) is 0 Å². The highest BCUT2D eigenvalue weighted by Crippen LogP contribution is 2.30. The molecule has 1 rings (SSSR count). The van der Waals surface area contributed by atoms with Gasteiger partial charge >= 0.3 is 0 Å². The van der Waals surface area contributed by atoms with Crippen molar-refractivity contribution in [3.63, 3.8) is 0 Å². The Morgan fingerprint density at radius 2 is 1.92 bits per heavy atom. The van der Waals surface area contributed by atoms with Gasteiger partial charge in [-0.15, -0.1) is 0 Å². The molecule has 0 saturated heterocycles. The number of benzene rings is 1. The SMILES string of the molecule is CC(C)C(C)(C)c1[c]cccc1. The molecule has 1 aromatic carbocycles. The highest BCUT2D eigenvalue weighted by atomic mass is 14.3. The van der Waals surface area contributed by atoms with Gasteiger partial charge < -0.3 is 0 Å². The third-order valence-corrected chi connectivity index (χ3v) is 2.85. The predicted octanol–water partition coefficient (Wildman–Crippen LogP) is 3.42. The van der Waals surface area contributed by atoms with Crippen molar-refractivity contribution < 1.29 is 0 Å². The van der Waals surface area contributed by atoms with E-state index < -0.39 is 0 Å². The van der Waals surface area contributed by atoms with Crippen LogP contribution in [0.4, 0.5) is 0 Å². The molecular weight excluding hydrogens is 144 g/mol. The second-order valence-electron chi connectivity index (χ2n) is 4.15. The lowest BCUT2D eigenvalue weighted by atomic mass is 9.75. The van der Waals surface area contributed by atoms with Crippen molar-refractivity contribution in [2.45, 2.75) is 33.1 Å². The van der Waals surface area contributed by atoms with Crippen LogP contribution >= 0.6 is 0 Å². The number of rotatable bonds is 2. The van der Waals surface area contributed by atoms with Gasteiger partial charge in [0.05, 0.1) is 0 Å². The zero-order valence-corrected chi connectivity index (χ0v) is 8.39. The highest BCUT2D eigenvalue weighted by molar-refractivity contribution is 5.22. The molecule has 0 nitrogen and oxygen atoms in total. The molecule has 0 spiro atoms. The fraction of sp³-hybridized carbons (Fsp3) is 0.500. The van der Waals surface area contributed by atoms with Crippen molar-refractivity contribution in [1.29, 1.82) is 0 Å². The molecule has 0 heterocycles. The maximum absolute atomic E-state index is 3.29. The van der Waals surface area contributed by atoms with Gasteiger partial charge in [0.2, 0.25) is 0 Å². The second-order valence-corrected chi connectivity index (χ2v) is 4.15.